The summed E-state index contributed by atoms with van der Waals surface area (Å²) in [5.74, 6) is 0. The SMILES string of the molecule is CN(CCCN)S(=O)(=O)N(C)CCc1ccncc1. The number of rotatable bonds is 8. The van der Waals surface area contributed by atoms with Crippen LogP contribution in [-0.2, 0) is 16.6 Å². The third kappa shape index (κ3) is 4.87. The first-order valence-electron chi connectivity index (χ1n) is 6.25. The molecule has 0 aliphatic heterocycles. The van der Waals surface area contributed by atoms with E-state index in [0.29, 0.717) is 32.5 Å². The first-order chi connectivity index (χ1) is 8.98. The van der Waals surface area contributed by atoms with Crippen molar-refractivity contribution in [1.29, 1.82) is 0 Å². The largest absolute Gasteiger partial charge is 0.330 e. The van der Waals surface area contributed by atoms with Gasteiger partial charge in [-0.05, 0) is 37.1 Å². The monoisotopic (exact) mass is 286 g/mol. The van der Waals surface area contributed by atoms with Gasteiger partial charge < -0.3 is 5.73 Å². The third-order valence-electron chi connectivity index (χ3n) is 2.93. The Morgan fingerprint density at radius 2 is 1.74 bits per heavy atom. The van der Waals surface area contributed by atoms with Gasteiger partial charge in [0, 0.05) is 39.6 Å². The van der Waals surface area contributed by atoms with Crippen molar-refractivity contribution in [3.8, 4) is 0 Å². The van der Waals surface area contributed by atoms with E-state index in [1.807, 2.05) is 12.1 Å². The fraction of sp³-hybridized carbons (Fsp3) is 0.583. The quantitative estimate of drug-likeness (QED) is 0.734. The number of nitrogens with two attached hydrogens (primary N) is 1. The molecule has 2 N–H and O–H groups in total. The summed E-state index contributed by atoms with van der Waals surface area (Å²) in [6.07, 6.45) is 4.74. The summed E-state index contributed by atoms with van der Waals surface area (Å²) in [5, 5.41) is 0. The standard InChI is InChI=1S/C12H22N4O2S/c1-15(10-3-7-13)19(17,18)16(2)11-6-12-4-8-14-9-5-12/h4-5,8-9H,3,6-7,10-11,13H2,1-2H3. The Kier molecular flexibility index (Phi) is 6.36. The van der Waals surface area contributed by atoms with Gasteiger partial charge in [0.25, 0.3) is 10.2 Å². The van der Waals surface area contributed by atoms with E-state index in [1.165, 1.54) is 8.61 Å². The summed E-state index contributed by atoms with van der Waals surface area (Å²) >= 11 is 0. The van der Waals surface area contributed by atoms with Gasteiger partial charge in [0.1, 0.15) is 0 Å². The van der Waals surface area contributed by atoms with E-state index in [-0.39, 0.29) is 0 Å². The second-order valence-corrected chi connectivity index (χ2v) is 6.54. The molecular weight excluding hydrogens is 264 g/mol. The molecule has 1 aromatic rings. The Morgan fingerprint density at radius 3 is 2.32 bits per heavy atom. The number of hydrogen-bond donors (Lipinski definition) is 1. The first kappa shape index (κ1) is 16.0. The summed E-state index contributed by atoms with van der Waals surface area (Å²) in [6, 6.07) is 3.77. The van der Waals surface area contributed by atoms with Crippen LogP contribution in [0.15, 0.2) is 24.5 Å². The summed E-state index contributed by atoms with van der Waals surface area (Å²) < 4.78 is 27.0. The lowest BCUT2D eigenvalue weighted by atomic mass is 10.2. The van der Waals surface area contributed by atoms with E-state index in [0.717, 1.165) is 5.56 Å². The van der Waals surface area contributed by atoms with Gasteiger partial charge in [-0.25, -0.2) is 0 Å². The lowest BCUT2D eigenvalue weighted by Gasteiger charge is -2.24. The molecule has 0 unspecified atom stereocenters. The van der Waals surface area contributed by atoms with E-state index in [4.69, 9.17) is 5.73 Å². The Hall–Kier alpha value is -1.02. The zero-order valence-corrected chi connectivity index (χ0v) is 12.3. The topological polar surface area (TPSA) is 79.5 Å². The van der Waals surface area contributed by atoms with E-state index >= 15 is 0 Å². The van der Waals surface area contributed by atoms with Crippen molar-refractivity contribution in [2.75, 3.05) is 33.7 Å². The Morgan fingerprint density at radius 1 is 1.16 bits per heavy atom. The van der Waals surface area contributed by atoms with Crippen LogP contribution in [0.1, 0.15) is 12.0 Å². The van der Waals surface area contributed by atoms with Crippen molar-refractivity contribution in [3.05, 3.63) is 30.1 Å². The predicted octanol–water partition coefficient (Wildman–Crippen LogP) is 0.0813. The van der Waals surface area contributed by atoms with Crippen LogP contribution in [-0.4, -0.2) is 55.7 Å². The van der Waals surface area contributed by atoms with Crippen molar-refractivity contribution < 1.29 is 8.42 Å². The zero-order chi connectivity index (χ0) is 14.3. The average molecular weight is 286 g/mol. The first-order valence-corrected chi connectivity index (χ1v) is 7.64. The molecule has 0 aliphatic carbocycles. The maximum absolute atomic E-state index is 12.2. The molecule has 19 heavy (non-hydrogen) atoms. The Bertz CT molecular complexity index is 464. The summed E-state index contributed by atoms with van der Waals surface area (Å²) in [6.45, 7) is 1.37. The van der Waals surface area contributed by atoms with Crippen LogP contribution >= 0.6 is 0 Å². The van der Waals surface area contributed by atoms with Gasteiger partial charge in [-0.1, -0.05) is 0 Å². The second kappa shape index (κ2) is 7.54. The molecule has 0 amide bonds. The highest BCUT2D eigenvalue weighted by Crippen LogP contribution is 2.06. The van der Waals surface area contributed by atoms with Crippen molar-refractivity contribution in [3.63, 3.8) is 0 Å². The fourth-order valence-corrected chi connectivity index (χ4v) is 2.78. The Balaban J connectivity index is 2.54. The molecule has 7 heteroatoms. The van der Waals surface area contributed by atoms with Crippen molar-refractivity contribution in [2.45, 2.75) is 12.8 Å². The lowest BCUT2D eigenvalue weighted by Crippen LogP contribution is -2.41. The highest BCUT2D eigenvalue weighted by Gasteiger charge is 2.22. The maximum atomic E-state index is 12.2. The zero-order valence-electron chi connectivity index (χ0n) is 11.5. The number of aromatic nitrogens is 1. The average Bonchev–Trinajstić information content (AvgIpc) is 2.42. The highest BCUT2D eigenvalue weighted by molar-refractivity contribution is 7.86. The van der Waals surface area contributed by atoms with Crippen molar-refractivity contribution >= 4 is 10.2 Å². The van der Waals surface area contributed by atoms with E-state index < -0.39 is 10.2 Å². The lowest BCUT2D eigenvalue weighted by molar-refractivity contribution is 0.391. The normalized spacial score (nSPS) is 12.3. The van der Waals surface area contributed by atoms with Crippen LogP contribution in [0, 0.1) is 0 Å². The van der Waals surface area contributed by atoms with E-state index in [2.05, 4.69) is 4.98 Å². The van der Waals surface area contributed by atoms with Gasteiger partial charge >= 0.3 is 0 Å². The van der Waals surface area contributed by atoms with E-state index in [1.54, 1.807) is 26.5 Å². The number of likely N-dealkylation sites (N-methyl/N-ethyl adjacent to an activating group) is 1. The van der Waals surface area contributed by atoms with Crippen LogP contribution in [0.3, 0.4) is 0 Å². The van der Waals surface area contributed by atoms with Crippen molar-refractivity contribution in [1.82, 2.24) is 13.6 Å². The molecule has 6 nitrogen and oxygen atoms in total. The molecule has 1 aromatic heterocycles. The summed E-state index contributed by atoms with van der Waals surface area (Å²) in [5.41, 5.74) is 6.46. The molecule has 0 fully saturated rings. The van der Waals surface area contributed by atoms with Crippen LogP contribution < -0.4 is 5.73 Å². The van der Waals surface area contributed by atoms with Crippen LogP contribution in [0.4, 0.5) is 0 Å². The van der Waals surface area contributed by atoms with Crippen molar-refractivity contribution in [2.24, 2.45) is 5.73 Å². The summed E-state index contributed by atoms with van der Waals surface area (Å²) in [4.78, 5) is 3.93. The summed E-state index contributed by atoms with van der Waals surface area (Å²) in [7, 11) is -0.216. The second-order valence-electron chi connectivity index (χ2n) is 4.40. The molecule has 0 spiro atoms. The van der Waals surface area contributed by atoms with Crippen LogP contribution in [0.5, 0.6) is 0 Å². The fourth-order valence-electron chi connectivity index (χ4n) is 1.62. The van der Waals surface area contributed by atoms with Crippen LogP contribution in [0.25, 0.3) is 0 Å². The highest BCUT2D eigenvalue weighted by atomic mass is 32.2. The van der Waals surface area contributed by atoms with E-state index in [9.17, 15) is 8.42 Å². The molecule has 0 saturated heterocycles. The Labute approximate surface area is 115 Å². The minimum absolute atomic E-state index is 0.443. The molecule has 0 bridgehead atoms. The van der Waals surface area contributed by atoms with Gasteiger partial charge in [-0.2, -0.15) is 17.0 Å². The van der Waals surface area contributed by atoms with Gasteiger partial charge in [-0.3, -0.25) is 4.98 Å². The van der Waals surface area contributed by atoms with Gasteiger partial charge in [-0.15, -0.1) is 0 Å². The minimum atomic E-state index is -3.39. The minimum Gasteiger partial charge on any atom is -0.330 e. The molecule has 0 aliphatic rings. The molecule has 0 atom stereocenters. The van der Waals surface area contributed by atoms with Gasteiger partial charge in [0.15, 0.2) is 0 Å². The molecular formula is C12H22N4O2S. The molecule has 108 valence electrons. The number of hydrogen-bond acceptors (Lipinski definition) is 4. The molecule has 1 rings (SSSR count). The smallest absolute Gasteiger partial charge is 0.281 e. The molecule has 0 radical (unpaired) electrons. The molecule has 1 heterocycles. The maximum Gasteiger partial charge on any atom is 0.281 e. The third-order valence-corrected chi connectivity index (χ3v) is 4.87. The molecule has 0 saturated carbocycles. The predicted molar refractivity (Wildman–Crippen MR) is 75.8 cm³/mol. The van der Waals surface area contributed by atoms with Gasteiger partial charge in [0.05, 0.1) is 0 Å². The van der Waals surface area contributed by atoms with Gasteiger partial charge in [0.2, 0.25) is 0 Å². The molecule has 0 aromatic carbocycles. The number of pyridine rings is 1. The van der Waals surface area contributed by atoms with Crippen LogP contribution in [0.2, 0.25) is 0 Å². The number of nitrogens with zero attached hydrogens (tertiary/aromatic N) is 3.